The Balaban J connectivity index is 1.81. The average molecular weight is 309 g/mol. The molecular weight excluding hydrogens is 293 g/mol. The number of nitrogens with one attached hydrogen (secondary N) is 1. The highest BCUT2D eigenvalue weighted by molar-refractivity contribution is 7.89. The van der Waals surface area contributed by atoms with E-state index in [0.717, 1.165) is 11.8 Å². The van der Waals surface area contributed by atoms with E-state index in [-0.39, 0.29) is 10.9 Å². The summed E-state index contributed by atoms with van der Waals surface area (Å²) >= 11 is 0. The van der Waals surface area contributed by atoms with Gasteiger partial charge in [-0.1, -0.05) is 0 Å². The van der Waals surface area contributed by atoms with E-state index in [9.17, 15) is 12.8 Å². The molecule has 7 heteroatoms. The number of aromatic nitrogens is 2. The van der Waals surface area contributed by atoms with Gasteiger partial charge in [-0.25, -0.2) is 17.5 Å². The Bertz CT molecular complexity index is 770. The number of sulfonamides is 1. The van der Waals surface area contributed by atoms with Crippen LogP contribution >= 0.6 is 0 Å². The SMILES string of the molecule is Cc1cc(F)ccc1S(=O)(=O)NC1CCn2nccc2C1. The summed E-state index contributed by atoms with van der Waals surface area (Å²) in [7, 11) is -3.64. The van der Waals surface area contributed by atoms with Crippen molar-refractivity contribution in [2.24, 2.45) is 0 Å². The van der Waals surface area contributed by atoms with Crippen molar-refractivity contribution in [3.05, 3.63) is 47.5 Å². The topological polar surface area (TPSA) is 64.0 Å². The quantitative estimate of drug-likeness (QED) is 0.937. The minimum Gasteiger partial charge on any atom is -0.269 e. The van der Waals surface area contributed by atoms with Crippen LogP contribution in [0.3, 0.4) is 0 Å². The van der Waals surface area contributed by atoms with Gasteiger partial charge >= 0.3 is 0 Å². The lowest BCUT2D eigenvalue weighted by Crippen LogP contribution is -2.40. The Labute approximate surface area is 122 Å². The van der Waals surface area contributed by atoms with E-state index in [1.165, 1.54) is 12.1 Å². The normalized spacial score (nSPS) is 18.5. The van der Waals surface area contributed by atoms with Gasteiger partial charge in [0.1, 0.15) is 5.82 Å². The van der Waals surface area contributed by atoms with Crippen LogP contribution in [-0.4, -0.2) is 24.2 Å². The predicted octanol–water partition coefficient (Wildman–Crippen LogP) is 1.62. The van der Waals surface area contributed by atoms with Gasteiger partial charge in [0.15, 0.2) is 0 Å². The molecule has 0 amide bonds. The zero-order chi connectivity index (χ0) is 15.0. The maximum absolute atomic E-state index is 13.1. The predicted molar refractivity (Wildman–Crippen MR) is 75.8 cm³/mol. The van der Waals surface area contributed by atoms with Crippen molar-refractivity contribution in [2.75, 3.05) is 0 Å². The first-order valence-electron chi connectivity index (χ1n) is 6.75. The summed E-state index contributed by atoms with van der Waals surface area (Å²) in [6.07, 6.45) is 3.02. The van der Waals surface area contributed by atoms with Crippen molar-refractivity contribution in [3.8, 4) is 0 Å². The van der Waals surface area contributed by atoms with Crippen LogP contribution in [0.25, 0.3) is 0 Å². The van der Waals surface area contributed by atoms with Gasteiger partial charge in [0.05, 0.1) is 4.90 Å². The standard InChI is InChI=1S/C14H16FN3O2S/c1-10-8-11(15)2-3-14(10)21(19,20)17-12-5-7-18-13(9-12)4-6-16-18/h2-4,6,8,12,17H,5,7,9H2,1H3. The highest BCUT2D eigenvalue weighted by Gasteiger charge is 2.25. The zero-order valence-electron chi connectivity index (χ0n) is 11.6. The smallest absolute Gasteiger partial charge is 0.241 e. The van der Waals surface area contributed by atoms with Crippen molar-refractivity contribution < 1.29 is 12.8 Å². The summed E-state index contributed by atoms with van der Waals surface area (Å²) < 4.78 is 42.5. The molecule has 0 aliphatic carbocycles. The number of fused-ring (bicyclic) bond motifs is 1. The number of benzene rings is 1. The summed E-state index contributed by atoms with van der Waals surface area (Å²) in [6.45, 7) is 2.28. The third kappa shape index (κ3) is 2.84. The van der Waals surface area contributed by atoms with E-state index in [2.05, 4.69) is 9.82 Å². The molecule has 1 N–H and O–H groups in total. The molecule has 0 bridgehead atoms. The average Bonchev–Trinajstić information content (AvgIpc) is 2.85. The van der Waals surface area contributed by atoms with Gasteiger partial charge in [-0.2, -0.15) is 5.10 Å². The van der Waals surface area contributed by atoms with Gasteiger partial charge in [0.25, 0.3) is 0 Å². The largest absolute Gasteiger partial charge is 0.269 e. The van der Waals surface area contributed by atoms with Crippen LogP contribution < -0.4 is 4.72 Å². The van der Waals surface area contributed by atoms with Gasteiger partial charge in [0, 0.05) is 30.9 Å². The summed E-state index contributed by atoms with van der Waals surface area (Å²) in [4.78, 5) is 0.128. The summed E-state index contributed by atoms with van der Waals surface area (Å²) in [5, 5.41) is 4.17. The van der Waals surface area contributed by atoms with E-state index in [1.54, 1.807) is 13.1 Å². The van der Waals surface area contributed by atoms with E-state index in [1.807, 2.05) is 10.7 Å². The fourth-order valence-electron chi connectivity index (χ4n) is 2.67. The third-order valence-electron chi connectivity index (χ3n) is 3.70. The number of nitrogens with zero attached hydrogens (tertiary/aromatic N) is 2. The van der Waals surface area contributed by atoms with Crippen molar-refractivity contribution in [1.29, 1.82) is 0 Å². The summed E-state index contributed by atoms with van der Waals surface area (Å²) in [6, 6.07) is 5.43. The molecule has 1 aromatic carbocycles. The molecule has 5 nitrogen and oxygen atoms in total. The van der Waals surface area contributed by atoms with Crippen LogP contribution in [0.4, 0.5) is 4.39 Å². The molecule has 21 heavy (non-hydrogen) atoms. The van der Waals surface area contributed by atoms with E-state index >= 15 is 0 Å². The lowest BCUT2D eigenvalue weighted by molar-refractivity contribution is 0.414. The molecule has 0 saturated heterocycles. The van der Waals surface area contributed by atoms with Crippen LogP contribution in [0, 0.1) is 12.7 Å². The molecule has 0 saturated carbocycles. The second-order valence-corrected chi connectivity index (χ2v) is 6.95. The fraction of sp³-hybridized carbons (Fsp3) is 0.357. The zero-order valence-corrected chi connectivity index (χ0v) is 12.4. The van der Waals surface area contributed by atoms with E-state index in [0.29, 0.717) is 24.9 Å². The molecule has 1 unspecified atom stereocenters. The van der Waals surface area contributed by atoms with E-state index < -0.39 is 15.8 Å². The fourth-order valence-corrected chi connectivity index (χ4v) is 4.16. The third-order valence-corrected chi connectivity index (χ3v) is 5.38. The molecule has 0 fully saturated rings. The Morgan fingerprint density at radius 2 is 2.19 bits per heavy atom. The number of aryl methyl sites for hydroxylation is 2. The van der Waals surface area contributed by atoms with Gasteiger partial charge in [-0.3, -0.25) is 4.68 Å². The van der Waals surface area contributed by atoms with Crippen molar-refractivity contribution in [2.45, 2.75) is 37.2 Å². The molecule has 2 aromatic rings. The van der Waals surface area contributed by atoms with Crippen LogP contribution in [0.5, 0.6) is 0 Å². The van der Waals surface area contributed by atoms with Gasteiger partial charge in [-0.05, 0) is 43.2 Å². The maximum atomic E-state index is 13.1. The summed E-state index contributed by atoms with van der Waals surface area (Å²) in [5.74, 6) is -0.437. The molecular formula is C14H16FN3O2S. The van der Waals surface area contributed by atoms with Crippen LogP contribution in [0.2, 0.25) is 0 Å². The molecule has 0 spiro atoms. The Hall–Kier alpha value is -1.73. The van der Waals surface area contributed by atoms with Crippen molar-refractivity contribution in [1.82, 2.24) is 14.5 Å². The summed E-state index contributed by atoms with van der Waals surface area (Å²) in [5.41, 5.74) is 1.42. The highest BCUT2D eigenvalue weighted by Crippen LogP contribution is 2.19. The van der Waals surface area contributed by atoms with Crippen molar-refractivity contribution >= 4 is 10.0 Å². The molecule has 0 radical (unpaired) electrons. The molecule has 1 aromatic heterocycles. The minimum absolute atomic E-state index is 0.128. The molecule has 2 heterocycles. The first-order valence-corrected chi connectivity index (χ1v) is 8.23. The van der Waals surface area contributed by atoms with Crippen molar-refractivity contribution in [3.63, 3.8) is 0 Å². The van der Waals surface area contributed by atoms with Gasteiger partial charge < -0.3 is 0 Å². The van der Waals surface area contributed by atoms with Crippen LogP contribution in [-0.2, 0) is 23.0 Å². The monoisotopic (exact) mass is 309 g/mol. The second kappa shape index (κ2) is 5.23. The Kier molecular flexibility index (Phi) is 3.54. The molecule has 1 aliphatic rings. The lowest BCUT2D eigenvalue weighted by atomic mass is 10.1. The number of hydrogen-bond acceptors (Lipinski definition) is 3. The molecule has 3 rings (SSSR count). The number of rotatable bonds is 3. The Morgan fingerprint density at radius 1 is 1.38 bits per heavy atom. The first-order chi connectivity index (χ1) is 9.95. The first kappa shape index (κ1) is 14.2. The molecule has 1 aliphatic heterocycles. The second-order valence-electron chi connectivity index (χ2n) is 5.27. The molecule has 1 atom stereocenters. The van der Waals surface area contributed by atoms with Gasteiger partial charge in [0.2, 0.25) is 10.0 Å². The Morgan fingerprint density at radius 3 is 2.95 bits per heavy atom. The number of hydrogen-bond donors (Lipinski definition) is 1. The van der Waals surface area contributed by atoms with Crippen LogP contribution in [0.1, 0.15) is 17.7 Å². The minimum atomic E-state index is -3.64. The number of halogens is 1. The highest BCUT2D eigenvalue weighted by atomic mass is 32.2. The van der Waals surface area contributed by atoms with E-state index in [4.69, 9.17) is 0 Å². The van der Waals surface area contributed by atoms with Gasteiger partial charge in [-0.15, -0.1) is 0 Å². The maximum Gasteiger partial charge on any atom is 0.241 e. The molecule has 112 valence electrons. The lowest BCUT2D eigenvalue weighted by Gasteiger charge is -2.24. The van der Waals surface area contributed by atoms with Crippen LogP contribution in [0.15, 0.2) is 35.4 Å².